The number of rotatable bonds is 3. The van der Waals surface area contributed by atoms with Gasteiger partial charge in [-0.2, -0.15) is 0 Å². The third-order valence-electron chi connectivity index (χ3n) is 19.4. The lowest BCUT2D eigenvalue weighted by atomic mass is 9.33. The second-order valence-corrected chi connectivity index (χ2v) is 29.5. The van der Waals surface area contributed by atoms with E-state index in [1.807, 2.05) is 0 Å². The molecule has 3 nitrogen and oxygen atoms in total. The van der Waals surface area contributed by atoms with E-state index in [1.165, 1.54) is 50.0 Å². The summed E-state index contributed by atoms with van der Waals surface area (Å²) in [6.45, 7) is 42.3. The lowest BCUT2D eigenvalue weighted by molar-refractivity contribution is 0.332. The summed E-state index contributed by atoms with van der Waals surface area (Å²) in [6, 6.07) is 27.0. The van der Waals surface area contributed by atoms with Gasteiger partial charge in [-0.05, 0) is 203 Å². The van der Waals surface area contributed by atoms with Gasteiger partial charge in [-0.25, -0.2) is 0 Å². The van der Waals surface area contributed by atoms with Gasteiger partial charge in [0.25, 0.3) is 6.71 Å². The first-order valence-corrected chi connectivity index (χ1v) is 27.9. The van der Waals surface area contributed by atoms with E-state index in [0.717, 1.165) is 94.7 Å². The topological polar surface area (TPSA) is 19.6 Å². The summed E-state index contributed by atoms with van der Waals surface area (Å²) in [5.74, 6) is 0.768. The Morgan fingerprint density at radius 2 is 0.919 bits per heavy atom. The normalized spacial score (nSPS) is 21.2. The minimum Gasteiger partial charge on any atom is -0.440 e. The van der Waals surface area contributed by atoms with Crippen LogP contribution in [0.1, 0.15) is 215 Å². The van der Waals surface area contributed by atoms with Crippen molar-refractivity contribution in [3.8, 4) is 11.1 Å². The molecule has 0 fully saturated rings. The van der Waals surface area contributed by atoms with E-state index < -0.39 is 6.04 Å². The molecule has 382 valence electrons. The van der Waals surface area contributed by atoms with Crippen molar-refractivity contribution >= 4 is 68.4 Å². The lowest BCUT2D eigenvalue weighted by Crippen LogP contribution is -2.61. The van der Waals surface area contributed by atoms with Gasteiger partial charge in [0, 0.05) is 39.3 Å². The predicted molar refractivity (Wildman–Crippen MR) is 319 cm³/mol. The number of benzene rings is 6. The highest BCUT2D eigenvalue weighted by atomic mass is 16.4. The summed E-state index contributed by atoms with van der Waals surface area (Å²) in [4.78, 5) is 4.86. The van der Waals surface area contributed by atoms with E-state index in [9.17, 15) is 2.74 Å². The monoisotopic (exact) mass is 984 g/mol. The molecule has 4 heteroatoms. The van der Waals surface area contributed by atoms with Crippen molar-refractivity contribution in [3.05, 3.63) is 148 Å². The van der Waals surface area contributed by atoms with Crippen LogP contribution in [0.5, 0.6) is 0 Å². The Morgan fingerprint density at radius 1 is 0.446 bits per heavy atom. The maximum atomic E-state index is 9.62. The average Bonchev–Trinajstić information content (AvgIpc) is 2.28. The van der Waals surface area contributed by atoms with Crippen LogP contribution in [0.25, 0.3) is 22.1 Å². The number of anilines is 6. The highest BCUT2D eigenvalue weighted by Gasteiger charge is 2.50. The molecule has 3 heterocycles. The highest BCUT2D eigenvalue weighted by Crippen LogP contribution is 2.55. The molecule has 3 aliphatic carbocycles. The predicted octanol–water partition coefficient (Wildman–Crippen LogP) is 17.8. The standard InChI is InChI=1S/C70H83BN2O/c1-63(2,3)44-34-45(64(4,5)6)36-47(35-44)72-56-40-53-52(68(13,14)29-30-69(53,15)16)39-55(56)71-60-48-38-51-54(70(17,18)31-28-67(51,11)12)41-59(48)74-62(60)73(46-24-25-49-50(37-46)66(9,10)27-26-65(49,7)8)58-33-43(32-57(72)61(58)71)42-22-20-19-21-23-42/h19-25,32-41H,26-31H2,1-18H3/i19D,20D,21D,22D,23D. The Labute approximate surface area is 452 Å². The molecular weight excluding hydrogens is 896 g/mol. The van der Waals surface area contributed by atoms with E-state index in [0.29, 0.717) is 5.56 Å². The fourth-order valence-electron chi connectivity index (χ4n) is 14.0. The van der Waals surface area contributed by atoms with Crippen molar-refractivity contribution < 1.29 is 11.3 Å². The molecule has 2 aliphatic heterocycles. The minimum absolute atomic E-state index is 0.0150. The van der Waals surface area contributed by atoms with E-state index >= 15 is 0 Å². The SMILES string of the molecule is [2H]c1c([2H])c([2H])c(-c2cc3c4c(c2)N(c2ccc5c(c2)C(C)(C)CCC5(C)C)c2oc5cc6c(cc5c2B4c2cc4c(cc2N3c2cc(C(C)(C)C)cc(C(C)(C)C)c2)C(C)(C)CCC4(C)C)C(C)(C)CCC6(C)C)c([2H])c1[2H]. The Bertz CT molecular complexity index is 3740. The summed E-state index contributed by atoms with van der Waals surface area (Å²) < 4.78 is 53.9. The van der Waals surface area contributed by atoms with Gasteiger partial charge in [0.15, 0.2) is 0 Å². The molecule has 12 rings (SSSR count). The zero-order valence-electron chi connectivity index (χ0n) is 53.1. The largest absolute Gasteiger partial charge is 0.440 e. The second-order valence-electron chi connectivity index (χ2n) is 29.5. The summed E-state index contributed by atoms with van der Waals surface area (Å²) in [7, 11) is 0. The Hall–Kier alpha value is -5.48. The second kappa shape index (κ2) is 15.6. The summed E-state index contributed by atoms with van der Waals surface area (Å²) in [6.07, 6.45) is 6.44. The van der Waals surface area contributed by atoms with Crippen LogP contribution in [0.3, 0.4) is 0 Å². The maximum absolute atomic E-state index is 9.62. The zero-order chi connectivity index (χ0) is 57.2. The van der Waals surface area contributed by atoms with Crippen LogP contribution in [0.4, 0.5) is 34.3 Å². The molecule has 5 aliphatic rings. The highest BCUT2D eigenvalue weighted by molar-refractivity contribution is 7.01. The number of furan rings is 1. The number of nitrogens with zero attached hydrogens (tertiary/aromatic N) is 2. The summed E-state index contributed by atoms with van der Waals surface area (Å²) >= 11 is 0. The van der Waals surface area contributed by atoms with E-state index in [1.54, 1.807) is 0 Å². The molecule has 6 aromatic carbocycles. The molecular formula is C70H83BN2O. The van der Waals surface area contributed by atoms with Gasteiger partial charge in [0.2, 0.25) is 5.88 Å². The van der Waals surface area contributed by atoms with E-state index in [-0.39, 0.29) is 79.8 Å². The van der Waals surface area contributed by atoms with Crippen molar-refractivity contribution in [2.45, 2.75) is 206 Å². The Balaban J connectivity index is 1.31. The van der Waals surface area contributed by atoms with Crippen LogP contribution in [-0.4, -0.2) is 6.71 Å². The Morgan fingerprint density at radius 3 is 1.46 bits per heavy atom. The molecule has 74 heavy (non-hydrogen) atoms. The first kappa shape index (κ1) is 43.7. The molecule has 1 aromatic heterocycles. The molecule has 0 bridgehead atoms. The van der Waals surface area contributed by atoms with Gasteiger partial charge in [0.1, 0.15) is 5.58 Å². The fourth-order valence-corrected chi connectivity index (χ4v) is 14.0. The van der Waals surface area contributed by atoms with Crippen molar-refractivity contribution in [2.24, 2.45) is 0 Å². The Kier molecular flexibility index (Phi) is 9.20. The van der Waals surface area contributed by atoms with Crippen LogP contribution in [0, 0.1) is 0 Å². The third-order valence-corrected chi connectivity index (χ3v) is 19.4. The molecule has 7 aromatic rings. The van der Waals surface area contributed by atoms with Crippen LogP contribution in [0.15, 0.2) is 107 Å². The number of hydrogen-bond acceptors (Lipinski definition) is 3. The van der Waals surface area contributed by atoms with Gasteiger partial charge in [-0.1, -0.05) is 173 Å². The van der Waals surface area contributed by atoms with Gasteiger partial charge >= 0.3 is 0 Å². The molecule has 0 spiro atoms. The zero-order valence-corrected chi connectivity index (χ0v) is 48.1. The van der Waals surface area contributed by atoms with Crippen molar-refractivity contribution in [1.29, 1.82) is 0 Å². The molecule has 0 atom stereocenters. The lowest BCUT2D eigenvalue weighted by Gasteiger charge is -2.47. The van der Waals surface area contributed by atoms with Crippen molar-refractivity contribution in [3.63, 3.8) is 0 Å². The van der Waals surface area contributed by atoms with Crippen LogP contribution < -0.4 is 26.2 Å². The quantitative estimate of drug-likeness (QED) is 0.165. The van der Waals surface area contributed by atoms with Gasteiger partial charge in [-0.15, -0.1) is 0 Å². The van der Waals surface area contributed by atoms with Crippen LogP contribution in [0.2, 0.25) is 0 Å². The average molecular weight is 984 g/mol. The maximum Gasteiger partial charge on any atom is 0.257 e. The van der Waals surface area contributed by atoms with Crippen molar-refractivity contribution in [2.75, 3.05) is 9.80 Å². The van der Waals surface area contributed by atoms with Crippen LogP contribution in [-0.2, 0) is 43.3 Å². The molecule has 0 radical (unpaired) electrons. The summed E-state index contributed by atoms with van der Waals surface area (Å²) in [5, 5.41) is 1.13. The van der Waals surface area contributed by atoms with Crippen molar-refractivity contribution in [1.82, 2.24) is 0 Å². The van der Waals surface area contributed by atoms with E-state index in [2.05, 4.69) is 207 Å². The first-order valence-electron chi connectivity index (χ1n) is 30.4. The van der Waals surface area contributed by atoms with Crippen LogP contribution >= 0.6 is 0 Å². The summed E-state index contributed by atoms with van der Waals surface area (Å²) in [5.41, 5.74) is 19.8. The van der Waals surface area contributed by atoms with E-state index in [4.69, 9.17) is 8.53 Å². The first-order chi connectivity index (χ1) is 36.4. The smallest absolute Gasteiger partial charge is 0.257 e. The molecule has 0 amide bonds. The molecule has 0 saturated carbocycles. The number of hydrogen-bond donors (Lipinski definition) is 0. The van der Waals surface area contributed by atoms with Gasteiger partial charge in [0.05, 0.1) is 6.85 Å². The molecule has 0 unspecified atom stereocenters. The van der Waals surface area contributed by atoms with Gasteiger partial charge < -0.3 is 9.32 Å². The number of fused-ring (bicyclic) bond motifs is 9. The molecule has 0 saturated heterocycles. The minimum atomic E-state index is -0.403. The fraction of sp³-hybridized carbons (Fsp3) is 0.457. The molecule has 0 N–H and O–H groups in total. The van der Waals surface area contributed by atoms with Gasteiger partial charge in [-0.3, -0.25) is 4.90 Å². The third kappa shape index (κ3) is 7.40.